The van der Waals surface area contributed by atoms with Crippen molar-refractivity contribution in [3.05, 3.63) is 41.2 Å². The number of hydrogen-bond donors (Lipinski definition) is 2. The van der Waals surface area contributed by atoms with E-state index in [1.165, 1.54) is 0 Å². The first kappa shape index (κ1) is 16.1. The Labute approximate surface area is 146 Å². The van der Waals surface area contributed by atoms with Crippen LogP contribution in [0.25, 0.3) is 11.4 Å². The Balaban J connectivity index is 1.77. The molecule has 0 aliphatic heterocycles. The van der Waals surface area contributed by atoms with Crippen molar-refractivity contribution in [3.8, 4) is 11.4 Å². The summed E-state index contributed by atoms with van der Waals surface area (Å²) in [5.41, 5.74) is 9.95. The van der Waals surface area contributed by atoms with Gasteiger partial charge in [0.1, 0.15) is 5.69 Å². The minimum atomic E-state index is -0.666. The summed E-state index contributed by atoms with van der Waals surface area (Å²) in [6.07, 6.45) is 4.49. The Kier molecular flexibility index (Phi) is 4.00. The molecule has 1 fully saturated rings. The summed E-state index contributed by atoms with van der Waals surface area (Å²) in [6.45, 7) is 1.72. The highest BCUT2D eigenvalue weighted by molar-refractivity contribution is 5.80. The van der Waals surface area contributed by atoms with Gasteiger partial charge >= 0.3 is 0 Å². The van der Waals surface area contributed by atoms with E-state index in [1.54, 1.807) is 13.1 Å². The van der Waals surface area contributed by atoms with Crippen LogP contribution in [0.15, 0.2) is 24.4 Å². The summed E-state index contributed by atoms with van der Waals surface area (Å²) in [5, 5.41) is 18.8. The van der Waals surface area contributed by atoms with E-state index in [1.807, 2.05) is 18.2 Å². The van der Waals surface area contributed by atoms with E-state index < -0.39 is 6.10 Å². The van der Waals surface area contributed by atoms with Crippen molar-refractivity contribution in [2.45, 2.75) is 38.7 Å². The zero-order chi connectivity index (χ0) is 17.6. The molecule has 130 valence electrons. The quantitative estimate of drug-likeness (QED) is 0.889. The number of nitrogens with two attached hydrogens (primary N) is 1. The molecule has 0 aromatic carbocycles. The molecule has 1 saturated carbocycles. The Hall–Kier alpha value is -2.34. The van der Waals surface area contributed by atoms with E-state index in [0.717, 1.165) is 48.2 Å². The van der Waals surface area contributed by atoms with Gasteiger partial charge in [0.05, 0.1) is 17.5 Å². The summed E-state index contributed by atoms with van der Waals surface area (Å²) >= 11 is 0. The van der Waals surface area contributed by atoms with Crippen LogP contribution in [-0.2, 0) is 17.6 Å². The second-order valence-corrected chi connectivity index (χ2v) is 7.12. The summed E-state index contributed by atoms with van der Waals surface area (Å²) in [4.78, 5) is 16.1. The molecule has 4 rings (SSSR count). The van der Waals surface area contributed by atoms with Crippen molar-refractivity contribution in [2.75, 3.05) is 0 Å². The van der Waals surface area contributed by atoms with E-state index in [0.29, 0.717) is 17.5 Å². The molecule has 4 atom stereocenters. The lowest BCUT2D eigenvalue weighted by Crippen LogP contribution is -2.15. The van der Waals surface area contributed by atoms with Crippen LogP contribution in [0.4, 0.5) is 0 Å². The summed E-state index contributed by atoms with van der Waals surface area (Å²) in [7, 11) is 0. The lowest BCUT2D eigenvalue weighted by molar-refractivity contribution is -0.119. The number of primary amides is 1. The fourth-order valence-electron chi connectivity index (χ4n) is 4.39. The Morgan fingerprint density at radius 1 is 1.20 bits per heavy atom. The molecular formula is C19H22N4O2. The average Bonchev–Trinajstić information content (AvgIpc) is 3.28. The van der Waals surface area contributed by atoms with Crippen molar-refractivity contribution in [3.63, 3.8) is 0 Å². The lowest BCUT2D eigenvalue weighted by atomic mass is 9.89. The van der Waals surface area contributed by atoms with Gasteiger partial charge in [-0.25, -0.2) is 0 Å². The highest BCUT2D eigenvalue weighted by Crippen LogP contribution is 2.53. The van der Waals surface area contributed by atoms with Gasteiger partial charge in [-0.05, 0) is 67.7 Å². The molecule has 0 radical (unpaired) electrons. The van der Waals surface area contributed by atoms with Crippen molar-refractivity contribution in [1.82, 2.24) is 15.2 Å². The van der Waals surface area contributed by atoms with Gasteiger partial charge in [0.15, 0.2) is 0 Å². The number of pyridine rings is 1. The summed E-state index contributed by atoms with van der Waals surface area (Å²) in [6, 6.07) is 5.73. The third-order valence-electron chi connectivity index (χ3n) is 5.64. The average molecular weight is 338 g/mol. The maximum atomic E-state index is 11.6. The normalized spacial score (nSPS) is 25.9. The first-order valence-electron chi connectivity index (χ1n) is 8.85. The van der Waals surface area contributed by atoms with Gasteiger partial charge in [-0.1, -0.05) is 6.07 Å². The maximum Gasteiger partial charge on any atom is 0.221 e. The molecule has 6 nitrogen and oxygen atoms in total. The summed E-state index contributed by atoms with van der Waals surface area (Å²) in [5.74, 6) is 0.575. The van der Waals surface area contributed by atoms with Crippen molar-refractivity contribution < 1.29 is 9.90 Å². The SMILES string of the molecule is CC(O)c1nnc(-c2ccccn2)c2c1CCC1C(CC2)C1C(N)=O. The smallest absolute Gasteiger partial charge is 0.221 e. The van der Waals surface area contributed by atoms with E-state index in [4.69, 9.17) is 5.73 Å². The molecule has 0 bridgehead atoms. The standard InChI is InChI=1S/C19H22N4O2/c1-10(24)17-13-7-5-11-12(16(11)19(20)25)6-8-14(13)18(23-22-17)15-4-2-3-9-21-15/h2-4,9-12,16,24H,5-8H2,1H3,(H2,20,25). The van der Waals surface area contributed by atoms with Gasteiger partial charge in [-0.2, -0.15) is 5.10 Å². The monoisotopic (exact) mass is 338 g/mol. The molecule has 2 heterocycles. The fraction of sp³-hybridized carbons (Fsp3) is 0.474. The van der Waals surface area contributed by atoms with Gasteiger partial charge in [0, 0.05) is 12.1 Å². The molecule has 3 N–H and O–H groups in total. The molecule has 2 aliphatic carbocycles. The number of aliphatic hydroxyl groups excluding tert-OH is 1. The predicted molar refractivity (Wildman–Crippen MR) is 92.2 cm³/mol. The number of hydrogen-bond acceptors (Lipinski definition) is 5. The number of nitrogens with zero attached hydrogens (tertiary/aromatic N) is 3. The van der Waals surface area contributed by atoms with Crippen LogP contribution in [0.2, 0.25) is 0 Å². The van der Waals surface area contributed by atoms with Crippen LogP contribution in [0.3, 0.4) is 0 Å². The van der Waals surface area contributed by atoms with Gasteiger partial charge in [0.2, 0.25) is 5.91 Å². The molecule has 6 heteroatoms. The Morgan fingerprint density at radius 3 is 2.52 bits per heavy atom. The maximum absolute atomic E-state index is 11.6. The van der Waals surface area contributed by atoms with Crippen LogP contribution in [0.1, 0.15) is 42.7 Å². The third kappa shape index (κ3) is 2.80. The number of carbonyl (C=O) groups is 1. The fourth-order valence-corrected chi connectivity index (χ4v) is 4.39. The first-order chi connectivity index (χ1) is 12.1. The first-order valence-corrected chi connectivity index (χ1v) is 8.85. The molecule has 25 heavy (non-hydrogen) atoms. The zero-order valence-electron chi connectivity index (χ0n) is 14.2. The minimum Gasteiger partial charge on any atom is -0.387 e. The second-order valence-electron chi connectivity index (χ2n) is 7.12. The largest absolute Gasteiger partial charge is 0.387 e. The minimum absolute atomic E-state index is 0.00327. The molecule has 0 spiro atoms. The number of rotatable bonds is 3. The zero-order valence-corrected chi connectivity index (χ0v) is 14.2. The van der Waals surface area contributed by atoms with Crippen molar-refractivity contribution in [2.24, 2.45) is 23.5 Å². The van der Waals surface area contributed by atoms with E-state index in [-0.39, 0.29) is 11.8 Å². The van der Waals surface area contributed by atoms with Crippen LogP contribution < -0.4 is 5.73 Å². The molecule has 2 aromatic heterocycles. The molecule has 0 saturated heterocycles. The number of aromatic nitrogens is 3. The Bertz CT molecular complexity index is 807. The van der Waals surface area contributed by atoms with Gasteiger partial charge in [-0.15, -0.1) is 5.10 Å². The topological polar surface area (TPSA) is 102 Å². The molecule has 2 aliphatic rings. The van der Waals surface area contributed by atoms with Crippen molar-refractivity contribution >= 4 is 5.91 Å². The van der Waals surface area contributed by atoms with Crippen LogP contribution in [0, 0.1) is 17.8 Å². The van der Waals surface area contributed by atoms with Crippen LogP contribution in [0.5, 0.6) is 0 Å². The van der Waals surface area contributed by atoms with Gasteiger partial charge in [0.25, 0.3) is 0 Å². The predicted octanol–water partition coefficient (Wildman–Crippen LogP) is 1.82. The second kappa shape index (κ2) is 6.19. The van der Waals surface area contributed by atoms with E-state index in [2.05, 4.69) is 15.2 Å². The van der Waals surface area contributed by atoms with E-state index in [9.17, 15) is 9.90 Å². The number of amides is 1. The lowest BCUT2D eigenvalue weighted by Gasteiger charge is -2.20. The van der Waals surface area contributed by atoms with Gasteiger partial charge in [-0.3, -0.25) is 9.78 Å². The molecule has 2 aromatic rings. The third-order valence-corrected chi connectivity index (χ3v) is 5.64. The number of aliphatic hydroxyl groups is 1. The number of carbonyl (C=O) groups excluding carboxylic acids is 1. The van der Waals surface area contributed by atoms with Gasteiger partial charge < -0.3 is 10.8 Å². The summed E-state index contributed by atoms with van der Waals surface area (Å²) < 4.78 is 0. The van der Waals surface area contributed by atoms with Crippen LogP contribution >= 0.6 is 0 Å². The molecular weight excluding hydrogens is 316 g/mol. The highest BCUT2D eigenvalue weighted by Gasteiger charge is 2.53. The highest BCUT2D eigenvalue weighted by atomic mass is 16.3. The van der Waals surface area contributed by atoms with E-state index >= 15 is 0 Å². The molecule has 1 amide bonds. The number of fused-ring (bicyclic) bond motifs is 2. The van der Waals surface area contributed by atoms with Crippen LogP contribution in [-0.4, -0.2) is 26.2 Å². The Morgan fingerprint density at radius 2 is 1.92 bits per heavy atom. The van der Waals surface area contributed by atoms with Crippen molar-refractivity contribution in [1.29, 1.82) is 0 Å². The molecule has 4 unspecified atom stereocenters.